The molecule has 1 aromatic rings. The minimum absolute atomic E-state index is 0.0716. The summed E-state index contributed by atoms with van der Waals surface area (Å²) in [6.07, 6.45) is 1.34. The van der Waals surface area contributed by atoms with Crippen LogP contribution in [0.15, 0.2) is 24.3 Å². The Morgan fingerprint density at radius 1 is 1.45 bits per heavy atom. The highest BCUT2D eigenvalue weighted by atomic mass is 16.5. The molecular weight excluding hydrogens is 252 g/mol. The number of fused-ring (bicyclic) bond motifs is 1. The van der Waals surface area contributed by atoms with Crippen LogP contribution in [0.25, 0.3) is 0 Å². The quantitative estimate of drug-likeness (QED) is 0.889. The summed E-state index contributed by atoms with van der Waals surface area (Å²) in [6, 6.07) is 8.70. The van der Waals surface area contributed by atoms with E-state index in [0.717, 1.165) is 26.1 Å². The summed E-state index contributed by atoms with van der Waals surface area (Å²) in [6.45, 7) is 5.32. The second kappa shape index (κ2) is 5.94. The van der Waals surface area contributed by atoms with Crippen molar-refractivity contribution in [3.8, 4) is 0 Å². The molecule has 2 aliphatic rings. The zero-order chi connectivity index (χ0) is 13.9. The van der Waals surface area contributed by atoms with Gasteiger partial charge in [-0.25, -0.2) is 0 Å². The van der Waals surface area contributed by atoms with Gasteiger partial charge in [-0.15, -0.1) is 0 Å². The molecule has 2 heterocycles. The number of carbonyl (C=O) groups excluding carboxylic acids is 1. The van der Waals surface area contributed by atoms with Crippen molar-refractivity contribution in [3.05, 3.63) is 35.4 Å². The highest BCUT2D eigenvalue weighted by Gasteiger charge is 2.27. The van der Waals surface area contributed by atoms with Crippen LogP contribution >= 0.6 is 0 Å². The highest BCUT2D eigenvalue weighted by molar-refractivity contribution is 5.77. The summed E-state index contributed by atoms with van der Waals surface area (Å²) in [5.41, 5.74) is 2.51. The average Bonchev–Trinajstić information content (AvgIpc) is 2.47. The number of nitrogens with one attached hydrogen (secondary N) is 1. The molecule has 2 aliphatic heterocycles. The van der Waals surface area contributed by atoms with E-state index in [0.29, 0.717) is 19.1 Å². The topological polar surface area (TPSA) is 41.6 Å². The minimum Gasteiger partial charge on any atom is -0.373 e. The average molecular weight is 274 g/mol. The lowest BCUT2D eigenvalue weighted by molar-refractivity contribution is -0.135. The molecule has 4 heteroatoms. The van der Waals surface area contributed by atoms with E-state index in [1.165, 1.54) is 11.1 Å². The lowest BCUT2D eigenvalue weighted by Gasteiger charge is -2.34. The van der Waals surface area contributed by atoms with E-state index in [2.05, 4.69) is 30.4 Å². The van der Waals surface area contributed by atoms with Crippen molar-refractivity contribution >= 4 is 5.91 Å². The van der Waals surface area contributed by atoms with E-state index >= 15 is 0 Å². The van der Waals surface area contributed by atoms with Crippen LogP contribution in [0.1, 0.15) is 30.6 Å². The lowest BCUT2D eigenvalue weighted by atomic mass is 9.95. The number of benzene rings is 1. The van der Waals surface area contributed by atoms with Gasteiger partial charge in [-0.05, 0) is 24.5 Å². The molecule has 1 aromatic carbocycles. The number of ether oxygens (including phenoxy) is 1. The molecule has 0 aliphatic carbocycles. The number of hydrogen-bond donors (Lipinski definition) is 1. The molecule has 0 unspecified atom stereocenters. The number of rotatable bonds is 2. The van der Waals surface area contributed by atoms with E-state index in [9.17, 15) is 4.79 Å². The van der Waals surface area contributed by atoms with Crippen molar-refractivity contribution in [2.24, 2.45) is 0 Å². The van der Waals surface area contributed by atoms with E-state index in [-0.39, 0.29) is 12.0 Å². The summed E-state index contributed by atoms with van der Waals surface area (Å²) in [5, 5.41) is 3.36. The Bertz CT molecular complexity index is 489. The van der Waals surface area contributed by atoms with Gasteiger partial charge in [-0.1, -0.05) is 24.3 Å². The number of hydrogen-bond acceptors (Lipinski definition) is 3. The monoisotopic (exact) mass is 274 g/mol. The van der Waals surface area contributed by atoms with E-state index in [4.69, 9.17) is 4.74 Å². The molecule has 108 valence electrons. The van der Waals surface area contributed by atoms with E-state index in [1.807, 2.05) is 11.0 Å². The highest BCUT2D eigenvalue weighted by Crippen LogP contribution is 2.30. The van der Waals surface area contributed by atoms with Gasteiger partial charge in [0.2, 0.25) is 5.91 Å². The summed E-state index contributed by atoms with van der Waals surface area (Å²) < 4.78 is 5.83. The summed E-state index contributed by atoms with van der Waals surface area (Å²) in [5.74, 6) is 0.208. The maximum atomic E-state index is 12.4. The first-order valence-electron chi connectivity index (χ1n) is 7.44. The summed E-state index contributed by atoms with van der Waals surface area (Å²) >= 11 is 0. The molecule has 3 rings (SSSR count). The lowest BCUT2D eigenvalue weighted by Crippen LogP contribution is -2.51. The third-order valence-electron chi connectivity index (χ3n) is 4.17. The Hall–Kier alpha value is -1.39. The van der Waals surface area contributed by atoms with Crippen LogP contribution < -0.4 is 5.32 Å². The maximum Gasteiger partial charge on any atom is 0.225 e. The number of nitrogens with zero attached hydrogens (tertiary/aromatic N) is 1. The third kappa shape index (κ3) is 2.86. The van der Waals surface area contributed by atoms with Gasteiger partial charge in [0, 0.05) is 25.7 Å². The zero-order valence-corrected chi connectivity index (χ0v) is 12.0. The van der Waals surface area contributed by atoms with Crippen molar-refractivity contribution in [2.75, 3.05) is 26.2 Å². The Morgan fingerprint density at radius 2 is 2.30 bits per heavy atom. The zero-order valence-electron chi connectivity index (χ0n) is 12.0. The molecule has 0 saturated carbocycles. The van der Waals surface area contributed by atoms with Crippen LogP contribution in [-0.4, -0.2) is 43.1 Å². The van der Waals surface area contributed by atoms with Gasteiger partial charge in [0.1, 0.15) is 0 Å². The Labute approximate surface area is 120 Å². The predicted molar refractivity (Wildman–Crippen MR) is 77.5 cm³/mol. The fraction of sp³-hybridized carbons (Fsp3) is 0.562. The van der Waals surface area contributed by atoms with E-state index in [1.54, 1.807) is 0 Å². The molecule has 0 spiro atoms. The van der Waals surface area contributed by atoms with Crippen molar-refractivity contribution in [1.82, 2.24) is 10.2 Å². The van der Waals surface area contributed by atoms with Gasteiger partial charge in [-0.2, -0.15) is 0 Å². The van der Waals surface area contributed by atoms with Gasteiger partial charge in [-0.3, -0.25) is 4.79 Å². The van der Waals surface area contributed by atoms with Crippen molar-refractivity contribution in [3.63, 3.8) is 0 Å². The molecule has 1 amide bonds. The molecule has 1 saturated heterocycles. The number of carbonyl (C=O) groups is 1. The van der Waals surface area contributed by atoms with Crippen LogP contribution in [0.4, 0.5) is 0 Å². The largest absolute Gasteiger partial charge is 0.373 e. The van der Waals surface area contributed by atoms with Crippen LogP contribution in [0.5, 0.6) is 0 Å². The molecular formula is C16H22N2O2. The number of amides is 1. The molecule has 4 nitrogen and oxygen atoms in total. The van der Waals surface area contributed by atoms with Crippen LogP contribution in [0.3, 0.4) is 0 Å². The van der Waals surface area contributed by atoms with Crippen LogP contribution in [0.2, 0.25) is 0 Å². The Morgan fingerprint density at radius 3 is 3.15 bits per heavy atom. The standard InChI is InChI=1S/C16H22N2O2/c1-12-11-18(8-7-17-12)16(19)10-15-14-5-3-2-4-13(14)6-9-20-15/h2-5,12,15,17H,6-11H2,1H3/t12-,15+/m0/s1. The van der Waals surface area contributed by atoms with Crippen molar-refractivity contribution < 1.29 is 9.53 Å². The molecule has 2 atom stereocenters. The molecule has 0 aromatic heterocycles. The predicted octanol–water partition coefficient (Wildman–Crippen LogP) is 1.51. The first kappa shape index (κ1) is 13.6. The van der Waals surface area contributed by atoms with Gasteiger partial charge >= 0.3 is 0 Å². The normalized spacial score (nSPS) is 26.1. The molecule has 20 heavy (non-hydrogen) atoms. The van der Waals surface area contributed by atoms with Crippen molar-refractivity contribution in [2.45, 2.75) is 31.9 Å². The molecule has 1 fully saturated rings. The van der Waals surface area contributed by atoms with Crippen molar-refractivity contribution in [1.29, 1.82) is 0 Å². The number of piperazine rings is 1. The maximum absolute atomic E-state index is 12.4. The van der Waals surface area contributed by atoms with Gasteiger partial charge in [0.05, 0.1) is 19.1 Å². The molecule has 0 bridgehead atoms. The fourth-order valence-electron chi connectivity index (χ4n) is 3.09. The van der Waals surface area contributed by atoms with Crippen LogP contribution in [-0.2, 0) is 16.0 Å². The SMILES string of the molecule is C[C@H]1CN(C(=O)C[C@H]2OCCc3ccccc32)CCN1. The Kier molecular flexibility index (Phi) is 4.03. The van der Waals surface area contributed by atoms with E-state index < -0.39 is 0 Å². The fourth-order valence-corrected chi connectivity index (χ4v) is 3.09. The second-order valence-electron chi connectivity index (χ2n) is 5.71. The smallest absolute Gasteiger partial charge is 0.225 e. The molecule has 1 N–H and O–H groups in total. The molecule has 0 radical (unpaired) electrons. The van der Waals surface area contributed by atoms with Crippen LogP contribution in [0, 0.1) is 0 Å². The first-order chi connectivity index (χ1) is 9.74. The summed E-state index contributed by atoms with van der Waals surface area (Å²) in [4.78, 5) is 14.4. The van der Waals surface area contributed by atoms with Gasteiger partial charge in [0.15, 0.2) is 0 Å². The minimum atomic E-state index is -0.0716. The first-order valence-corrected chi connectivity index (χ1v) is 7.44. The third-order valence-corrected chi connectivity index (χ3v) is 4.17. The second-order valence-corrected chi connectivity index (χ2v) is 5.71. The Balaban J connectivity index is 1.68. The summed E-state index contributed by atoms with van der Waals surface area (Å²) in [7, 11) is 0. The van der Waals surface area contributed by atoms with Gasteiger partial charge < -0.3 is 15.0 Å². The van der Waals surface area contributed by atoms with Gasteiger partial charge in [0.25, 0.3) is 0 Å².